The lowest BCUT2D eigenvalue weighted by Crippen LogP contribution is -2.35. The molecule has 0 radical (unpaired) electrons. The number of amidine groups is 1. The lowest BCUT2D eigenvalue weighted by molar-refractivity contribution is 0.245. The summed E-state index contributed by atoms with van der Waals surface area (Å²) in [6.45, 7) is 3.16. The minimum Gasteiger partial charge on any atom is -0.394 e. The Bertz CT molecular complexity index is 464. The van der Waals surface area contributed by atoms with Crippen LogP contribution in [-0.2, 0) is 0 Å². The smallest absolute Gasteiger partial charge is 0.122 e. The highest BCUT2D eigenvalue weighted by molar-refractivity contribution is 6.33. The van der Waals surface area contributed by atoms with Crippen molar-refractivity contribution in [2.75, 3.05) is 18.1 Å². The lowest BCUT2D eigenvalue weighted by Gasteiger charge is -2.28. The van der Waals surface area contributed by atoms with Crippen LogP contribution in [0.5, 0.6) is 0 Å². The maximum atomic E-state index is 9.46. The summed E-state index contributed by atoms with van der Waals surface area (Å²) in [5.41, 5.74) is 6.96. The van der Waals surface area contributed by atoms with Crippen molar-refractivity contribution in [1.82, 2.24) is 0 Å². The molecular weight excluding hydrogens is 250 g/mol. The van der Waals surface area contributed by atoms with E-state index < -0.39 is 0 Å². The molecule has 2 unspecified atom stereocenters. The zero-order chi connectivity index (χ0) is 13.3. The Labute approximate surface area is 112 Å². The van der Waals surface area contributed by atoms with Gasteiger partial charge in [-0.15, -0.1) is 0 Å². The van der Waals surface area contributed by atoms with Gasteiger partial charge in [-0.25, -0.2) is 0 Å². The average molecular weight is 268 g/mol. The Morgan fingerprint density at radius 2 is 2.33 bits per heavy atom. The third kappa shape index (κ3) is 2.31. The quantitative estimate of drug-likeness (QED) is 0.578. The predicted molar refractivity (Wildman–Crippen MR) is 74.5 cm³/mol. The Balaban J connectivity index is 2.31. The van der Waals surface area contributed by atoms with Gasteiger partial charge in [0.25, 0.3) is 0 Å². The molecular formula is C13H18ClN3O. The lowest BCUT2D eigenvalue weighted by atomic mass is 10.0. The third-order valence-electron chi connectivity index (χ3n) is 3.64. The van der Waals surface area contributed by atoms with Crippen LogP contribution in [0.1, 0.15) is 18.9 Å². The highest BCUT2D eigenvalue weighted by atomic mass is 35.5. The number of anilines is 1. The molecule has 1 aliphatic rings. The van der Waals surface area contributed by atoms with Gasteiger partial charge in [0.2, 0.25) is 0 Å². The number of aliphatic hydroxyl groups is 1. The second-order valence-corrected chi connectivity index (χ2v) is 5.20. The van der Waals surface area contributed by atoms with E-state index in [0.717, 1.165) is 18.7 Å². The van der Waals surface area contributed by atoms with E-state index in [0.29, 0.717) is 16.5 Å². The van der Waals surface area contributed by atoms with E-state index in [2.05, 4.69) is 11.8 Å². The van der Waals surface area contributed by atoms with E-state index in [4.69, 9.17) is 22.7 Å². The van der Waals surface area contributed by atoms with Crippen LogP contribution in [0.15, 0.2) is 18.2 Å². The molecule has 1 fully saturated rings. The molecule has 0 aromatic heterocycles. The SMILES string of the molecule is CC1CCN(c2ccc(C(=N)N)cc2Cl)C1CO. The van der Waals surface area contributed by atoms with Crippen LogP contribution in [-0.4, -0.2) is 30.1 Å². The molecule has 2 atom stereocenters. The molecule has 1 heterocycles. The monoisotopic (exact) mass is 267 g/mol. The summed E-state index contributed by atoms with van der Waals surface area (Å²) in [7, 11) is 0. The molecule has 5 heteroatoms. The van der Waals surface area contributed by atoms with Crippen LogP contribution in [0, 0.1) is 11.3 Å². The molecule has 0 aliphatic carbocycles. The molecule has 18 heavy (non-hydrogen) atoms. The van der Waals surface area contributed by atoms with Gasteiger partial charge in [0.05, 0.1) is 23.4 Å². The van der Waals surface area contributed by atoms with Crippen molar-refractivity contribution in [2.45, 2.75) is 19.4 Å². The number of hydrogen-bond donors (Lipinski definition) is 3. The van der Waals surface area contributed by atoms with Gasteiger partial charge in [-0.1, -0.05) is 18.5 Å². The van der Waals surface area contributed by atoms with E-state index in [1.54, 1.807) is 12.1 Å². The summed E-state index contributed by atoms with van der Waals surface area (Å²) in [6.07, 6.45) is 1.05. The number of halogens is 1. The second kappa shape index (κ2) is 5.16. The molecule has 1 aliphatic heterocycles. The van der Waals surface area contributed by atoms with Crippen LogP contribution < -0.4 is 10.6 Å². The molecule has 0 amide bonds. The fraction of sp³-hybridized carbons (Fsp3) is 0.462. The topological polar surface area (TPSA) is 73.3 Å². The third-order valence-corrected chi connectivity index (χ3v) is 3.94. The van der Waals surface area contributed by atoms with Crippen LogP contribution in [0.4, 0.5) is 5.69 Å². The molecule has 2 rings (SSSR count). The largest absolute Gasteiger partial charge is 0.394 e. The van der Waals surface area contributed by atoms with Gasteiger partial charge in [0, 0.05) is 12.1 Å². The number of rotatable bonds is 3. The summed E-state index contributed by atoms with van der Waals surface area (Å²) in [5, 5.41) is 17.4. The summed E-state index contributed by atoms with van der Waals surface area (Å²) in [5.74, 6) is 0.468. The first-order valence-electron chi connectivity index (χ1n) is 6.06. The molecule has 0 bridgehead atoms. The Hall–Kier alpha value is -1.26. The fourth-order valence-electron chi connectivity index (χ4n) is 2.49. The summed E-state index contributed by atoms with van der Waals surface area (Å²) >= 11 is 6.25. The molecule has 1 saturated heterocycles. The number of nitrogens with two attached hydrogens (primary N) is 1. The minimum atomic E-state index is 0.0111. The number of nitrogens with one attached hydrogen (secondary N) is 1. The summed E-state index contributed by atoms with van der Waals surface area (Å²) in [6, 6.07) is 5.49. The van der Waals surface area contributed by atoms with Crippen molar-refractivity contribution in [3.8, 4) is 0 Å². The molecule has 0 spiro atoms. The van der Waals surface area contributed by atoms with Crippen molar-refractivity contribution in [3.05, 3.63) is 28.8 Å². The maximum absolute atomic E-state index is 9.46. The molecule has 98 valence electrons. The Kier molecular flexibility index (Phi) is 3.78. The molecule has 4 nitrogen and oxygen atoms in total. The van der Waals surface area contributed by atoms with Crippen molar-refractivity contribution >= 4 is 23.1 Å². The molecule has 1 aromatic rings. The van der Waals surface area contributed by atoms with Crippen molar-refractivity contribution < 1.29 is 5.11 Å². The molecule has 0 saturated carbocycles. The zero-order valence-corrected chi connectivity index (χ0v) is 11.1. The summed E-state index contributed by atoms with van der Waals surface area (Å²) < 4.78 is 0. The maximum Gasteiger partial charge on any atom is 0.122 e. The average Bonchev–Trinajstić information content (AvgIpc) is 2.70. The van der Waals surface area contributed by atoms with E-state index in [1.807, 2.05) is 6.07 Å². The first-order valence-corrected chi connectivity index (χ1v) is 6.44. The Morgan fingerprint density at radius 3 is 2.89 bits per heavy atom. The van der Waals surface area contributed by atoms with Crippen molar-refractivity contribution in [3.63, 3.8) is 0 Å². The van der Waals surface area contributed by atoms with Crippen LogP contribution in [0.2, 0.25) is 5.02 Å². The van der Waals surface area contributed by atoms with E-state index in [-0.39, 0.29) is 18.5 Å². The van der Waals surface area contributed by atoms with Crippen LogP contribution in [0.25, 0.3) is 0 Å². The number of hydrogen-bond acceptors (Lipinski definition) is 3. The predicted octanol–water partition coefficient (Wildman–Crippen LogP) is 1.83. The fourth-order valence-corrected chi connectivity index (χ4v) is 2.78. The Morgan fingerprint density at radius 1 is 1.61 bits per heavy atom. The van der Waals surface area contributed by atoms with E-state index >= 15 is 0 Å². The van der Waals surface area contributed by atoms with Gasteiger partial charge in [-0.05, 0) is 30.5 Å². The van der Waals surface area contributed by atoms with E-state index in [1.165, 1.54) is 0 Å². The highest BCUT2D eigenvalue weighted by Gasteiger charge is 2.31. The highest BCUT2D eigenvalue weighted by Crippen LogP contribution is 2.34. The second-order valence-electron chi connectivity index (χ2n) is 4.79. The number of benzene rings is 1. The van der Waals surface area contributed by atoms with Gasteiger partial charge in [-0.3, -0.25) is 5.41 Å². The van der Waals surface area contributed by atoms with Crippen LogP contribution in [0.3, 0.4) is 0 Å². The standard InChI is InChI=1S/C13H18ClN3O/c1-8-4-5-17(12(8)7-18)11-3-2-9(13(15)16)6-10(11)14/h2-3,6,8,12,18H,4-5,7H2,1H3,(H3,15,16). The van der Waals surface area contributed by atoms with Gasteiger partial charge < -0.3 is 15.7 Å². The minimum absolute atomic E-state index is 0.0111. The first kappa shape index (κ1) is 13.2. The van der Waals surface area contributed by atoms with Gasteiger partial charge in [-0.2, -0.15) is 0 Å². The van der Waals surface area contributed by atoms with E-state index in [9.17, 15) is 5.11 Å². The normalized spacial score (nSPS) is 23.4. The first-order chi connectivity index (χ1) is 8.54. The number of aliphatic hydroxyl groups excluding tert-OH is 1. The molecule has 4 N–H and O–H groups in total. The van der Waals surface area contributed by atoms with Gasteiger partial charge in [0.1, 0.15) is 5.84 Å². The summed E-state index contributed by atoms with van der Waals surface area (Å²) in [4.78, 5) is 2.14. The van der Waals surface area contributed by atoms with Crippen molar-refractivity contribution in [1.29, 1.82) is 5.41 Å². The van der Waals surface area contributed by atoms with Gasteiger partial charge in [0.15, 0.2) is 0 Å². The van der Waals surface area contributed by atoms with Crippen molar-refractivity contribution in [2.24, 2.45) is 11.7 Å². The molecule has 1 aromatic carbocycles. The number of nitrogens with zero attached hydrogens (tertiary/aromatic N) is 1. The number of nitrogen functional groups attached to an aromatic ring is 1. The van der Waals surface area contributed by atoms with Crippen LogP contribution >= 0.6 is 11.6 Å². The van der Waals surface area contributed by atoms with Gasteiger partial charge >= 0.3 is 0 Å². The zero-order valence-electron chi connectivity index (χ0n) is 10.4.